The average molecular weight is 283 g/mol. The van der Waals surface area contributed by atoms with Crippen LogP contribution in [-0.4, -0.2) is 47.7 Å². The molecule has 1 atom stereocenters. The van der Waals surface area contributed by atoms with Crippen molar-refractivity contribution in [3.05, 3.63) is 28.5 Å². The highest BCUT2D eigenvalue weighted by Crippen LogP contribution is 2.35. The number of nitrogens with zero attached hydrogens (tertiary/aromatic N) is 2. The van der Waals surface area contributed by atoms with Crippen molar-refractivity contribution < 1.29 is 19.3 Å². The Labute approximate surface area is 115 Å². The second-order valence-corrected chi connectivity index (χ2v) is 4.39. The van der Waals surface area contributed by atoms with E-state index < -0.39 is 11.3 Å². The van der Waals surface area contributed by atoms with E-state index in [0.29, 0.717) is 13.0 Å². The fourth-order valence-corrected chi connectivity index (χ4v) is 1.99. The molecule has 2 rings (SSSR count). The number of hydrogen-bond donors (Lipinski definition) is 2. The predicted octanol–water partition coefficient (Wildman–Crippen LogP) is -0.0385. The first-order chi connectivity index (χ1) is 9.54. The highest BCUT2D eigenvalue weighted by Gasteiger charge is 2.44. The minimum atomic E-state index is -1.02. The van der Waals surface area contributed by atoms with E-state index in [-0.39, 0.29) is 24.1 Å². The second-order valence-electron chi connectivity index (χ2n) is 4.39. The van der Waals surface area contributed by atoms with Gasteiger partial charge in [-0.1, -0.05) is 0 Å². The highest BCUT2D eigenvalue weighted by atomic mass is 16.6. The van der Waals surface area contributed by atoms with Crippen LogP contribution in [0.15, 0.2) is 22.8 Å². The number of hydrogen-bond acceptors (Lipinski definition) is 7. The fraction of sp³-hybridized carbons (Fsp3) is 0.500. The quantitative estimate of drug-likeness (QED) is 0.780. The third-order valence-electron chi connectivity index (χ3n) is 3.22. The van der Waals surface area contributed by atoms with Gasteiger partial charge in [0.05, 0.1) is 0 Å². The molecule has 0 saturated carbocycles. The standard InChI is InChI=1S/C12H17N3O5/c1-18-6-4-12(19-2)7-20-10(9(12)16)15-5-3-8(13)14-11(15)17/h3,5,16H,4,6-7H2,1-2H3,(H2,13,14,17). The second kappa shape index (κ2) is 5.51. The molecule has 2 heterocycles. The number of ether oxygens (including phenoxy) is 3. The molecule has 0 saturated heterocycles. The molecule has 20 heavy (non-hydrogen) atoms. The van der Waals surface area contributed by atoms with Crippen molar-refractivity contribution in [1.29, 1.82) is 0 Å². The Morgan fingerprint density at radius 1 is 1.60 bits per heavy atom. The molecular formula is C12H17N3O5. The first kappa shape index (κ1) is 14.4. The number of aromatic nitrogens is 2. The van der Waals surface area contributed by atoms with Crippen LogP contribution in [0.3, 0.4) is 0 Å². The fourth-order valence-electron chi connectivity index (χ4n) is 1.99. The van der Waals surface area contributed by atoms with Crippen LogP contribution < -0.4 is 11.4 Å². The monoisotopic (exact) mass is 283 g/mol. The summed E-state index contributed by atoms with van der Waals surface area (Å²) in [5.74, 6) is -0.0621. The molecule has 3 N–H and O–H groups in total. The van der Waals surface area contributed by atoms with Crippen molar-refractivity contribution in [2.75, 3.05) is 33.2 Å². The SMILES string of the molecule is COCCC1(OC)COC(n2ccc(N)nc2=O)=C1O. The number of rotatable bonds is 5. The molecule has 1 aliphatic heterocycles. The number of nitrogen functional groups attached to an aromatic ring is 1. The summed E-state index contributed by atoms with van der Waals surface area (Å²) in [6, 6.07) is 1.44. The topological polar surface area (TPSA) is 109 Å². The van der Waals surface area contributed by atoms with Crippen LogP contribution in [0.25, 0.3) is 5.88 Å². The van der Waals surface area contributed by atoms with Crippen molar-refractivity contribution in [3.63, 3.8) is 0 Å². The maximum absolute atomic E-state index is 11.8. The van der Waals surface area contributed by atoms with Gasteiger partial charge in [-0.05, 0) is 6.07 Å². The Morgan fingerprint density at radius 3 is 2.95 bits per heavy atom. The summed E-state index contributed by atoms with van der Waals surface area (Å²) in [6.45, 7) is 0.467. The largest absolute Gasteiger partial charge is 0.505 e. The molecular weight excluding hydrogens is 266 g/mol. The highest BCUT2D eigenvalue weighted by molar-refractivity contribution is 5.48. The van der Waals surface area contributed by atoms with Gasteiger partial charge in [0.2, 0.25) is 5.88 Å². The van der Waals surface area contributed by atoms with E-state index in [9.17, 15) is 9.90 Å². The predicted molar refractivity (Wildman–Crippen MR) is 70.9 cm³/mol. The van der Waals surface area contributed by atoms with Gasteiger partial charge in [-0.2, -0.15) is 4.98 Å². The first-order valence-electron chi connectivity index (χ1n) is 6.00. The van der Waals surface area contributed by atoms with Gasteiger partial charge in [0.15, 0.2) is 11.4 Å². The molecule has 1 aliphatic rings. The van der Waals surface area contributed by atoms with Gasteiger partial charge in [0, 0.05) is 33.4 Å². The molecule has 8 nitrogen and oxygen atoms in total. The van der Waals surface area contributed by atoms with Gasteiger partial charge < -0.3 is 25.1 Å². The summed E-state index contributed by atoms with van der Waals surface area (Å²) in [4.78, 5) is 15.3. The number of aliphatic hydroxyl groups excluding tert-OH is 1. The smallest absolute Gasteiger partial charge is 0.356 e. The first-order valence-corrected chi connectivity index (χ1v) is 6.00. The summed E-state index contributed by atoms with van der Waals surface area (Å²) in [5, 5.41) is 10.3. The van der Waals surface area contributed by atoms with E-state index in [2.05, 4.69) is 4.98 Å². The summed E-state index contributed by atoms with van der Waals surface area (Å²) >= 11 is 0. The lowest BCUT2D eigenvalue weighted by Crippen LogP contribution is -2.36. The van der Waals surface area contributed by atoms with Crippen LogP contribution in [0, 0.1) is 0 Å². The molecule has 110 valence electrons. The van der Waals surface area contributed by atoms with Crippen LogP contribution in [-0.2, 0) is 14.2 Å². The molecule has 0 aliphatic carbocycles. The zero-order valence-electron chi connectivity index (χ0n) is 11.3. The van der Waals surface area contributed by atoms with E-state index in [4.69, 9.17) is 19.9 Å². The van der Waals surface area contributed by atoms with Crippen LogP contribution in [0.2, 0.25) is 0 Å². The van der Waals surface area contributed by atoms with Gasteiger partial charge >= 0.3 is 5.69 Å². The zero-order valence-corrected chi connectivity index (χ0v) is 11.3. The normalized spacial score (nSPS) is 22.1. The average Bonchev–Trinajstić information content (AvgIpc) is 2.75. The van der Waals surface area contributed by atoms with Gasteiger partial charge in [0.25, 0.3) is 0 Å². The summed E-state index contributed by atoms with van der Waals surface area (Å²) in [6.07, 6.45) is 1.78. The number of nitrogens with two attached hydrogens (primary N) is 1. The number of methoxy groups -OCH3 is 2. The van der Waals surface area contributed by atoms with Crippen LogP contribution in [0.5, 0.6) is 0 Å². The molecule has 1 unspecified atom stereocenters. The number of anilines is 1. The minimum Gasteiger partial charge on any atom is -0.505 e. The van der Waals surface area contributed by atoms with E-state index in [0.717, 1.165) is 4.57 Å². The lowest BCUT2D eigenvalue weighted by atomic mass is 10.00. The molecule has 0 bridgehead atoms. The molecule has 1 aromatic rings. The summed E-state index contributed by atoms with van der Waals surface area (Å²) < 4.78 is 16.8. The van der Waals surface area contributed by atoms with E-state index >= 15 is 0 Å². The third-order valence-corrected chi connectivity index (χ3v) is 3.22. The lowest BCUT2D eigenvalue weighted by molar-refractivity contribution is -0.0441. The maximum atomic E-state index is 11.8. The van der Waals surface area contributed by atoms with Crippen molar-refractivity contribution in [2.45, 2.75) is 12.0 Å². The van der Waals surface area contributed by atoms with Crippen LogP contribution in [0.4, 0.5) is 5.82 Å². The maximum Gasteiger partial charge on any atom is 0.356 e. The Balaban J connectivity index is 2.41. The van der Waals surface area contributed by atoms with E-state index in [1.165, 1.54) is 19.4 Å². The third kappa shape index (κ3) is 2.35. The van der Waals surface area contributed by atoms with Crippen LogP contribution in [0.1, 0.15) is 6.42 Å². The molecule has 0 amide bonds. The molecule has 0 aromatic carbocycles. The number of aliphatic hydroxyl groups is 1. The lowest BCUT2D eigenvalue weighted by Gasteiger charge is -2.24. The minimum absolute atomic E-state index is 0.000420. The molecule has 8 heteroatoms. The Bertz CT molecular complexity index is 583. The zero-order chi connectivity index (χ0) is 14.8. The summed E-state index contributed by atoms with van der Waals surface area (Å²) in [5.41, 5.74) is 3.77. The van der Waals surface area contributed by atoms with E-state index in [1.807, 2.05) is 0 Å². The molecule has 1 aromatic heterocycles. The van der Waals surface area contributed by atoms with Crippen molar-refractivity contribution >= 4 is 11.7 Å². The van der Waals surface area contributed by atoms with Crippen molar-refractivity contribution in [3.8, 4) is 0 Å². The Kier molecular flexibility index (Phi) is 3.96. The van der Waals surface area contributed by atoms with Crippen LogP contribution >= 0.6 is 0 Å². The van der Waals surface area contributed by atoms with Gasteiger partial charge in [0.1, 0.15) is 12.4 Å². The molecule has 0 fully saturated rings. The Morgan fingerprint density at radius 2 is 2.35 bits per heavy atom. The van der Waals surface area contributed by atoms with E-state index in [1.54, 1.807) is 7.11 Å². The van der Waals surface area contributed by atoms with Gasteiger partial charge in [-0.3, -0.25) is 0 Å². The Hall–Kier alpha value is -2.06. The van der Waals surface area contributed by atoms with Gasteiger partial charge in [-0.15, -0.1) is 0 Å². The van der Waals surface area contributed by atoms with Crippen molar-refractivity contribution in [2.24, 2.45) is 0 Å². The molecule has 0 spiro atoms. The summed E-state index contributed by atoms with van der Waals surface area (Å²) in [7, 11) is 3.01. The molecule has 0 radical (unpaired) electrons. The van der Waals surface area contributed by atoms with Gasteiger partial charge in [-0.25, -0.2) is 9.36 Å². The van der Waals surface area contributed by atoms with Crippen molar-refractivity contribution in [1.82, 2.24) is 9.55 Å².